The average molecular weight is 394 g/mol. The Bertz CT molecular complexity index is 860. The summed E-state index contributed by atoms with van der Waals surface area (Å²) in [5.41, 5.74) is 3.71. The molecule has 1 fully saturated rings. The van der Waals surface area contributed by atoms with Crippen LogP contribution in [-0.2, 0) is 4.79 Å². The summed E-state index contributed by atoms with van der Waals surface area (Å²) in [6.07, 6.45) is 0.492. The molecule has 1 aliphatic heterocycles. The van der Waals surface area contributed by atoms with Gasteiger partial charge in [-0.15, -0.1) is 0 Å². The Morgan fingerprint density at radius 3 is 2.14 bits per heavy atom. The first kappa shape index (κ1) is 20.9. The van der Waals surface area contributed by atoms with E-state index in [9.17, 15) is 9.59 Å². The molecule has 3 rings (SSSR count). The summed E-state index contributed by atoms with van der Waals surface area (Å²) >= 11 is 0. The maximum atomic E-state index is 12.8. The van der Waals surface area contributed by atoms with Gasteiger partial charge in [0.05, 0.1) is 0 Å². The van der Waals surface area contributed by atoms with E-state index >= 15 is 0 Å². The van der Waals surface area contributed by atoms with Crippen LogP contribution in [0.2, 0.25) is 0 Å². The number of anilines is 2. The molecule has 0 unspecified atom stereocenters. The molecular weight excluding hydrogens is 362 g/mol. The van der Waals surface area contributed by atoms with E-state index in [-0.39, 0.29) is 17.2 Å². The number of rotatable bonds is 4. The lowest BCUT2D eigenvalue weighted by atomic mass is 9.92. The Kier molecular flexibility index (Phi) is 6.26. The number of aryl methyl sites for hydroxylation is 1. The van der Waals surface area contributed by atoms with Gasteiger partial charge in [-0.1, -0.05) is 39.0 Å². The summed E-state index contributed by atoms with van der Waals surface area (Å²) < 4.78 is 0. The van der Waals surface area contributed by atoms with Gasteiger partial charge >= 0.3 is 0 Å². The Morgan fingerprint density at radius 1 is 0.931 bits per heavy atom. The van der Waals surface area contributed by atoms with Gasteiger partial charge in [0.15, 0.2) is 0 Å². The Morgan fingerprint density at radius 2 is 1.55 bits per heavy atom. The van der Waals surface area contributed by atoms with Crippen molar-refractivity contribution >= 4 is 23.2 Å². The van der Waals surface area contributed by atoms with Crippen LogP contribution in [-0.4, -0.2) is 42.9 Å². The number of carbonyl (C=O) groups excluding carboxylic acids is 2. The molecule has 2 aromatic rings. The number of hydrogen-bond acceptors (Lipinski definition) is 3. The second-order valence-corrected chi connectivity index (χ2v) is 8.93. The minimum atomic E-state index is -0.0283. The molecule has 1 N–H and O–H groups in total. The number of carbonyl (C=O) groups is 2. The minimum absolute atomic E-state index is 0.0283. The molecule has 0 spiro atoms. The topological polar surface area (TPSA) is 52.7 Å². The van der Waals surface area contributed by atoms with Crippen LogP contribution in [0.1, 0.15) is 43.1 Å². The summed E-state index contributed by atoms with van der Waals surface area (Å²) in [6.45, 7) is 11.2. The first-order valence-electron chi connectivity index (χ1n) is 10.2. The molecule has 0 saturated carbocycles. The second kappa shape index (κ2) is 8.68. The summed E-state index contributed by atoms with van der Waals surface area (Å²) in [7, 11) is 0. The number of piperazine rings is 1. The number of benzene rings is 2. The van der Waals surface area contributed by atoms with Crippen LogP contribution in [0.3, 0.4) is 0 Å². The van der Waals surface area contributed by atoms with Crippen LogP contribution in [0.15, 0.2) is 48.5 Å². The largest absolute Gasteiger partial charge is 0.368 e. The molecule has 2 amide bonds. The highest BCUT2D eigenvalue weighted by Crippen LogP contribution is 2.23. The molecular formula is C24H31N3O2. The summed E-state index contributed by atoms with van der Waals surface area (Å²) in [5, 5.41) is 2.96. The van der Waals surface area contributed by atoms with E-state index in [0.29, 0.717) is 19.5 Å². The average Bonchev–Trinajstić information content (AvgIpc) is 2.67. The summed E-state index contributed by atoms with van der Waals surface area (Å²) in [6, 6.07) is 15.7. The van der Waals surface area contributed by atoms with Crippen molar-refractivity contribution < 1.29 is 9.59 Å². The van der Waals surface area contributed by atoms with E-state index in [1.807, 2.05) is 60.4 Å². The molecule has 5 nitrogen and oxygen atoms in total. The lowest BCUT2D eigenvalue weighted by molar-refractivity contribution is -0.117. The lowest BCUT2D eigenvalue weighted by Crippen LogP contribution is -2.48. The predicted molar refractivity (Wildman–Crippen MR) is 118 cm³/mol. The van der Waals surface area contributed by atoms with Gasteiger partial charge in [-0.05, 0) is 48.2 Å². The van der Waals surface area contributed by atoms with Gasteiger partial charge in [-0.25, -0.2) is 0 Å². The molecule has 1 aliphatic rings. The van der Waals surface area contributed by atoms with Gasteiger partial charge in [-0.3, -0.25) is 9.59 Å². The van der Waals surface area contributed by atoms with Crippen molar-refractivity contribution in [2.24, 2.45) is 5.41 Å². The van der Waals surface area contributed by atoms with Crippen molar-refractivity contribution in [1.29, 1.82) is 0 Å². The molecule has 0 atom stereocenters. The first-order valence-corrected chi connectivity index (χ1v) is 10.2. The van der Waals surface area contributed by atoms with Gasteiger partial charge in [0.1, 0.15) is 0 Å². The van der Waals surface area contributed by atoms with Crippen LogP contribution < -0.4 is 10.2 Å². The standard InChI is InChI=1S/C24H31N3O2/c1-18-7-5-6-8-21(18)23(29)27-15-13-26(14-16-27)20-11-9-19(10-12-20)25-22(28)17-24(2,3)4/h5-12H,13-17H2,1-4H3,(H,25,28). The van der Waals surface area contributed by atoms with Gasteiger partial charge in [0.2, 0.25) is 5.91 Å². The molecule has 0 aromatic heterocycles. The second-order valence-electron chi connectivity index (χ2n) is 8.93. The quantitative estimate of drug-likeness (QED) is 0.841. The van der Waals surface area contributed by atoms with Crippen LogP contribution in [0.4, 0.5) is 11.4 Å². The van der Waals surface area contributed by atoms with E-state index in [1.54, 1.807) is 0 Å². The minimum Gasteiger partial charge on any atom is -0.368 e. The van der Waals surface area contributed by atoms with Crippen molar-refractivity contribution in [1.82, 2.24) is 4.90 Å². The summed E-state index contributed by atoms with van der Waals surface area (Å²) in [5.74, 6) is 0.147. The fourth-order valence-electron chi connectivity index (χ4n) is 3.59. The van der Waals surface area contributed by atoms with Crippen LogP contribution in [0, 0.1) is 12.3 Å². The van der Waals surface area contributed by atoms with Crippen molar-refractivity contribution in [3.8, 4) is 0 Å². The summed E-state index contributed by atoms with van der Waals surface area (Å²) in [4.78, 5) is 29.1. The van der Waals surface area contributed by atoms with Crippen LogP contribution in [0.5, 0.6) is 0 Å². The third-order valence-electron chi connectivity index (χ3n) is 5.15. The maximum absolute atomic E-state index is 12.8. The molecule has 154 valence electrons. The number of nitrogens with zero attached hydrogens (tertiary/aromatic N) is 2. The highest BCUT2D eigenvalue weighted by Gasteiger charge is 2.23. The Labute approximate surface area is 173 Å². The molecule has 1 heterocycles. The predicted octanol–water partition coefficient (Wildman–Crippen LogP) is 4.33. The third kappa shape index (κ3) is 5.59. The zero-order valence-corrected chi connectivity index (χ0v) is 17.9. The number of hydrogen-bond donors (Lipinski definition) is 1. The van der Waals surface area contributed by atoms with E-state index in [1.165, 1.54) is 0 Å². The van der Waals surface area contributed by atoms with E-state index in [4.69, 9.17) is 0 Å². The van der Waals surface area contributed by atoms with Crippen LogP contribution >= 0.6 is 0 Å². The van der Waals surface area contributed by atoms with E-state index in [0.717, 1.165) is 35.6 Å². The number of amides is 2. The molecule has 2 aromatic carbocycles. The van der Waals surface area contributed by atoms with E-state index in [2.05, 4.69) is 31.0 Å². The third-order valence-corrected chi connectivity index (χ3v) is 5.15. The van der Waals surface area contributed by atoms with Gasteiger partial charge in [0.25, 0.3) is 5.91 Å². The Hall–Kier alpha value is -2.82. The number of nitrogens with one attached hydrogen (secondary N) is 1. The van der Waals surface area contributed by atoms with Crippen LogP contribution in [0.25, 0.3) is 0 Å². The molecule has 1 saturated heterocycles. The highest BCUT2D eigenvalue weighted by molar-refractivity contribution is 5.95. The van der Waals surface area contributed by atoms with Gasteiger partial charge in [0, 0.05) is 49.5 Å². The Balaban J connectivity index is 1.55. The first-order chi connectivity index (χ1) is 13.7. The highest BCUT2D eigenvalue weighted by atomic mass is 16.2. The van der Waals surface area contributed by atoms with Gasteiger partial charge in [-0.2, -0.15) is 0 Å². The molecule has 29 heavy (non-hydrogen) atoms. The lowest BCUT2D eigenvalue weighted by Gasteiger charge is -2.36. The van der Waals surface area contributed by atoms with Gasteiger partial charge < -0.3 is 15.1 Å². The van der Waals surface area contributed by atoms with Crippen molar-refractivity contribution in [3.05, 3.63) is 59.7 Å². The maximum Gasteiger partial charge on any atom is 0.254 e. The van der Waals surface area contributed by atoms with Crippen molar-refractivity contribution in [3.63, 3.8) is 0 Å². The molecule has 0 aliphatic carbocycles. The fourth-order valence-corrected chi connectivity index (χ4v) is 3.59. The molecule has 5 heteroatoms. The normalized spacial score (nSPS) is 14.6. The van der Waals surface area contributed by atoms with Crippen molar-refractivity contribution in [2.45, 2.75) is 34.1 Å². The fraction of sp³-hybridized carbons (Fsp3) is 0.417. The zero-order valence-electron chi connectivity index (χ0n) is 17.9. The smallest absolute Gasteiger partial charge is 0.254 e. The monoisotopic (exact) mass is 393 g/mol. The molecule has 0 bridgehead atoms. The van der Waals surface area contributed by atoms with Crippen molar-refractivity contribution in [2.75, 3.05) is 36.4 Å². The SMILES string of the molecule is Cc1ccccc1C(=O)N1CCN(c2ccc(NC(=O)CC(C)(C)C)cc2)CC1. The molecule has 0 radical (unpaired) electrons. The van der Waals surface area contributed by atoms with E-state index < -0.39 is 0 Å². The zero-order chi connectivity index (χ0) is 21.0.